The maximum atomic E-state index is 12.6. The highest BCUT2D eigenvalue weighted by Gasteiger charge is 2.19. The lowest BCUT2D eigenvalue weighted by Gasteiger charge is -2.08. The summed E-state index contributed by atoms with van der Waals surface area (Å²) in [4.78, 5) is 20.7. The summed E-state index contributed by atoms with van der Waals surface area (Å²) < 4.78 is 0.871. The largest absolute Gasteiger partial charge is 0.390 e. The van der Waals surface area contributed by atoms with Gasteiger partial charge in [0.2, 0.25) is 0 Å². The number of carbonyl (C=O) groups excluding carboxylic acids is 1. The van der Waals surface area contributed by atoms with Crippen LogP contribution in [0.25, 0.3) is 10.2 Å². The number of thiophene rings is 1. The molecule has 0 unspecified atom stereocenters. The maximum absolute atomic E-state index is 12.6. The minimum Gasteiger partial charge on any atom is -0.390 e. The van der Waals surface area contributed by atoms with Crippen LogP contribution in [0.3, 0.4) is 0 Å². The van der Waals surface area contributed by atoms with Gasteiger partial charge in [-0.25, -0.2) is 0 Å². The number of nitrogens with one attached hydrogen (secondary N) is 1. The summed E-state index contributed by atoms with van der Waals surface area (Å²) in [5.74, 6) is -0.325. The number of nitrogens with two attached hydrogens (primary N) is 1. The first-order valence-corrected chi connectivity index (χ1v) is 7.31. The maximum Gasteiger partial charge on any atom is 0.260 e. The Balaban J connectivity index is 2.42. The van der Waals surface area contributed by atoms with Crippen molar-refractivity contribution in [2.24, 2.45) is 4.99 Å². The molecule has 0 fully saturated rings. The molecule has 0 aliphatic rings. The van der Waals surface area contributed by atoms with Gasteiger partial charge in [0.05, 0.1) is 22.1 Å². The quantitative estimate of drug-likeness (QED) is 0.656. The molecule has 2 aromatic heterocycles. The van der Waals surface area contributed by atoms with Gasteiger partial charge >= 0.3 is 0 Å². The Kier molecular flexibility index (Phi) is 4.85. The van der Waals surface area contributed by atoms with Crippen LogP contribution in [0.5, 0.6) is 0 Å². The number of allylic oxidation sites excluding steroid dienone is 3. The number of fused-ring (bicyclic) bond motifs is 1. The van der Waals surface area contributed by atoms with Gasteiger partial charge in [-0.2, -0.15) is 0 Å². The fourth-order valence-corrected chi connectivity index (χ4v) is 2.75. The standard InChI is InChI=1S/C16H16N4OS/c1-4-10(3)11(9-18-5-2)20-16(21)13-14-12(22-15(13)17)7-6-8-19-14/h4-9H,1-2,17H2,3H3,(H,20,21)/b11-10+,18-9?. The summed E-state index contributed by atoms with van der Waals surface area (Å²) >= 11 is 1.33. The third-order valence-corrected chi connectivity index (χ3v) is 3.96. The third-order valence-electron chi connectivity index (χ3n) is 2.99. The van der Waals surface area contributed by atoms with Crippen LogP contribution in [0.15, 0.2) is 60.0 Å². The summed E-state index contributed by atoms with van der Waals surface area (Å²) in [6.45, 7) is 9.03. The smallest absolute Gasteiger partial charge is 0.260 e. The molecule has 6 heteroatoms. The second-order valence-corrected chi connectivity index (χ2v) is 5.49. The molecule has 5 nitrogen and oxygen atoms in total. The molecule has 0 aliphatic carbocycles. The lowest BCUT2D eigenvalue weighted by molar-refractivity contribution is 0.0970. The molecule has 0 atom stereocenters. The lowest BCUT2D eigenvalue weighted by atomic mass is 10.2. The first-order chi connectivity index (χ1) is 10.6. The SMILES string of the molecule is C=CN=C/C(NC(=O)c1c(N)sc2cccnc12)=C(/C)C=C. The van der Waals surface area contributed by atoms with Crippen LogP contribution in [0.4, 0.5) is 5.00 Å². The summed E-state index contributed by atoms with van der Waals surface area (Å²) in [6.07, 6.45) is 6.17. The lowest BCUT2D eigenvalue weighted by Crippen LogP contribution is -2.25. The predicted octanol–water partition coefficient (Wildman–Crippen LogP) is 3.28. The number of rotatable bonds is 5. The highest BCUT2D eigenvalue weighted by atomic mass is 32.1. The van der Waals surface area contributed by atoms with E-state index in [0.29, 0.717) is 21.8 Å². The van der Waals surface area contributed by atoms with Gasteiger partial charge < -0.3 is 11.1 Å². The Morgan fingerprint density at radius 3 is 2.95 bits per heavy atom. The molecule has 0 saturated carbocycles. The number of nitrogens with zero attached hydrogens (tertiary/aromatic N) is 2. The third kappa shape index (κ3) is 3.12. The molecule has 112 valence electrons. The zero-order chi connectivity index (χ0) is 16.1. The number of hydrogen-bond acceptors (Lipinski definition) is 5. The van der Waals surface area contributed by atoms with Crippen molar-refractivity contribution in [1.29, 1.82) is 0 Å². The van der Waals surface area contributed by atoms with Gasteiger partial charge in [0.15, 0.2) is 0 Å². The van der Waals surface area contributed by atoms with Crippen molar-refractivity contribution in [3.63, 3.8) is 0 Å². The summed E-state index contributed by atoms with van der Waals surface area (Å²) in [5.41, 5.74) is 8.26. The predicted molar refractivity (Wildman–Crippen MR) is 93.1 cm³/mol. The number of amides is 1. The van der Waals surface area contributed by atoms with E-state index in [-0.39, 0.29) is 5.91 Å². The molecule has 0 aromatic carbocycles. The van der Waals surface area contributed by atoms with Gasteiger partial charge in [-0.15, -0.1) is 11.3 Å². The molecule has 2 heterocycles. The molecule has 0 radical (unpaired) electrons. The van der Waals surface area contributed by atoms with Crippen LogP contribution in [0.2, 0.25) is 0 Å². The van der Waals surface area contributed by atoms with Crippen molar-refractivity contribution < 1.29 is 4.79 Å². The van der Waals surface area contributed by atoms with E-state index in [1.165, 1.54) is 23.8 Å². The number of aromatic nitrogens is 1. The molecule has 0 aliphatic heterocycles. The molecule has 0 saturated heterocycles. The number of pyridine rings is 1. The van der Waals surface area contributed by atoms with Crippen LogP contribution in [0.1, 0.15) is 17.3 Å². The summed E-state index contributed by atoms with van der Waals surface area (Å²) in [5, 5.41) is 3.23. The highest BCUT2D eigenvalue weighted by molar-refractivity contribution is 7.23. The van der Waals surface area contributed by atoms with Crippen LogP contribution in [0, 0.1) is 0 Å². The first kappa shape index (κ1) is 15.7. The van der Waals surface area contributed by atoms with Gasteiger partial charge in [-0.3, -0.25) is 14.8 Å². The van der Waals surface area contributed by atoms with Crippen LogP contribution < -0.4 is 11.1 Å². The fraction of sp³-hybridized carbons (Fsp3) is 0.0625. The van der Waals surface area contributed by atoms with E-state index in [9.17, 15) is 4.79 Å². The minimum atomic E-state index is -0.325. The second kappa shape index (κ2) is 6.82. The van der Waals surface area contributed by atoms with Crippen molar-refractivity contribution in [3.8, 4) is 0 Å². The Labute approximate surface area is 132 Å². The van der Waals surface area contributed by atoms with E-state index in [4.69, 9.17) is 5.73 Å². The highest BCUT2D eigenvalue weighted by Crippen LogP contribution is 2.31. The van der Waals surface area contributed by atoms with E-state index in [2.05, 4.69) is 28.5 Å². The molecular weight excluding hydrogens is 296 g/mol. The molecular formula is C16H16N4OS. The van der Waals surface area contributed by atoms with Gasteiger partial charge in [0.25, 0.3) is 5.91 Å². The number of carbonyl (C=O) groups is 1. The minimum absolute atomic E-state index is 0.325. The van der Waals surface area contributed by atoms with Crippen molar-refractivity contribution in [2.75, 3.05) is 5.73 Å². The monoisotopic (exact) mass is 312 g/mol. The van der Waals surface area contributed by atoms with Gasteiger partial charge in [-0.05, 0) is 24.6 Å². The molecule has 22 heavy (non-hydrogen) atoms. The molecule has 0 spiro atoms. The van der Waals surface area contributed by atoms with Crippen molar-refractivity contribution >= 4 is 38.7 Å². The van der Waals surface area contributed by atoms with E-state index in [1.807, 2.05) is 19.1 Å². The van der Waals surface area contributed by atoms with Crippen LogP contribution in [-0.4, -0.2) is 17.1 Å². The zero-order valence-electron chi connectivity index (χ0n) is 12.2. The summed E-state index contributed by atoms with van der Waals surface area (Å²) in [7, 11) is 0. The molecule has 1 amide bonds. The van der Waals surface area contributed by atoms with Crippen molar-refractivity contribution in [3.05, 3.63) is 60.6 Å². The zero-order valence-corrected chi connectivity index (χ0v) is 13.0. The number of hydrogen-bond donors (Lipinski definition) is 2. The van der Waals surface area contributed by atoms with Crippen LogP contribution in [-0.2, 0) is 0 Å². The van der Waals surface area contributed by atoms with Crippen LogP contribution >= 0.6 is 11.3 Å². The Morgan fingerprint density at radius 1 is 1.50 bits per heavy atom. The normalized spacial score (nSPS) is 12.2. The van der Waals surface area contributed by atoms with E-state index in [0.717, 1.165) is 10.3 Å². The van der Waals surface area contributed by atoms with Crippen molar-refractivity contribution in [1.82, 2.24) is 10.3 Å². The Bertz CT molecular complexity index is 802. The van der Waals surface area contributed by atoms with E-state index < -0.39 is 0 Å². The Morgan fingerprint density at radius 2 is 2.27 bits per heavy atom. The van der Waals surface area contributed by atoms with Gasteiger partial charge in [0, 0.05) is 12.4 Å². The van der Waals surface area contributed by atoms with Crippen molar-refractivity contribution in [2.45, 2.75) is 6.92 Å². The average molecular weight is 312 g/mol. The fourth-order valence-electron chi connectivity index (χ4n) is 1.82. The van der Waals surface area contributed by atoms with Gasteiger partial charge in [-0.1, -0.05) is 19.2 Å². The second-order valence-electron chi connectivity index (χ2n) is 4.41. The summed E-state index contributed by atoms with van der Waals surface area (Å²) in [6, 6.07) is 3.69. The van der Waals surface area contributed by atoms with E-state index in [1.54, 1.807) is 12.3 Å². The molecule has 2 aromatic rings. The topological polar surface area (TPSA) is 80.4 Å². The molecule has 2 rings (SSSR count). The molecule has 0 bridgehead atoms. The number of aliphatic imine (C=N–C) groups is 1. The molecule has 3 N–H and O–H groups in total. The average Bonchev–Trinajstić information content (AvgIpc) is 2.86. The Hall–Kier alpha value is -2.73. The number of anilines is 1. The first-order valence-electron chi connectivity index (χ1n) is 6.50. The number of nitrogen functional groups attached to an aromatic ring is 1. The van der Waals surface area contributed by atoms with E-state index >= 15 is 0 Å². The van der Waals surface area contributed by atoms with Gasteiger partial charge in [0.1, 0.15) is 10.6 Å².